The first-order chi connectivity index (χ1) is 9.93. The first-order valence-corrected chi connectivity index (χ1v) is 8.53. The van der Waals surface area contributed by atoms with Crippen LogP contribution in [0.4, 0.5) is 0 Å². The molecule has 0 bridgehead atoms. The van der Waals surface area contributed by atoms with E-state index in [1.54, 1.807) is 23.2 Å². The van der Waals surface area contributed by atoms with Gasteiger partial charge >= 0.3 is 0 Å². The second kappa shape index (κ2) is 6.65. The maximum absolute atomic E-state index is 11.7. The van der Waals surface area contributed by atoms with Crippen LogP contribution in [0.5, 0.6) is 0 Å². The van der Waals surface area contributed by atoms with Crippen molar-refractivity contribution < 1.29 is 9.53 Å². The van der Waals surface area contributed by atoms with E-state index in [0.717, 1.165) is 23.7 Å². The van der Waals surface area contributed by atoms with Gasteiger partial charge in [-0.05, 0) is 37.9 Å². The Balaban J connectivity index is 0.00000176. The Bertz CT molecular complexity index is 566. The van der Waals surface area contributed by atoms with E-state index in [9.17, 15) is 4.79 Å². The molecule has 4 nitrogen and oxygen atoms in total. The second-order valence-electron chi connectivity index (χ2n) is 6.10. The topological polar surface area (TPSA) is 41.6 Å². The van der Waals surface area contributed by atoms with Gasteiger partial charge in [-0.15, -0.1) is 23.7 Å². The molecule has 0 aromatic carbocycles. The fourth-order valence-corrected chi connectivity index (χ4v) is 4.91. The van der Waals surface area contributed by atoms with Gasteiger partial charge < -0.3 is 15.0 Å². The zero-order chi connectivity index (χ0) is 15.2. The lowest BCUT2D eigenvalue weighted by Gasteiger charge is -2.46. The minimum absolute atomic E-state index is 0. The van der Waals surface area contributed by atoms with Crippen LogP contribution in [0.15, 0.2) is 6.07 Å². The number of nitrogens with zero attached hydrogens (tertiary/aromatic N) is 1. The first-order valence-electron chi connectivity index (χ1n) is 7.33. The Morgan fingerprint density at radius 2 is 2.32 bits per heavy atom. The van der Waals surface area contributed by atoms with Crippen molar-refractivity contribution in [3.8, 4) is 0 Å². The largest absolute Gasteiger partial charge is 0.367 e. The Labute approximate surface area is 146 Å². The minimum atomic E-state index is -0.230. The van der Waals surface area contributed by atoms with Gasteiger partial charge in [-0.3, -0.25) is 4.79 Å². The Kier molecular flexibility index (Phi) is 5.45. The second-order valence-corrected chi connectivity index (χ2v) is 7.78. The highest BCUT2D eigenvalue weighted by atomic mass is 35.5. The van der Waals surface area contributed by atoms with Crippen molar-refractivity contribution in [3.05, 3.63) is 20.8 Å². The maximum atomic E-state index is 11.7. The molecule has 3 atom stereocenters. The maximum Gasteiger partial charge on any atom is 0.219 e. The summed E-state index contributed by atoms with van der Waals surface area (Å²) < 4.78 is 7.09. The molecule has 1 saturated heterocycles. The van der Waals surface area contributed by atoms with Gasteiger partial charge in [-0.25, -0.2) is 0 Å². The van der Waals surface area contributed by atoms with E-state index in [4.69, 9.17) is 16.3 Å². The van der Waals surface area contributed by atoms with Crippen molar-refractivity contribution in [1.82, 2.24) is 10.2 Å². The van der Waals surface area contributed by atoms with Gasteiger partial charge in [0.2, 0.25) is 5.91 Å². The van der Waals surface area contributed by atoms with Crippen LogP contribution in [-0.4, -0.2) is 37.0 Å². The van der Waals surface area contributed by atoms with E-state index in [0.29, 0.717) is 12.6 Å². The highest BCUT2D eigenvalue weighted by molar-refractivity contribution is 7.16. The van der Waals surface area contributed by atoms with E-state index in [-0.39, 0.29) is 30.0 Å². The molecule has 1 unspecified atom stereocenters. The summed E-state index contributed by atoms with van der Waals surface area (Å²) in [4.78, 5) is 14.7. The number of likely N-dealkylation sites (N-methyl/N-ethyl adjacent to an activating group) is 1. The number of carbonyl (C=O) groups is 1. The van der Waals surface area contributed by atoms with E-state index in [1.807, 2.05) is 13.1 Å². The zero-order valence-corrected chi connectivity index (χ0v) is 15.4. The van der Waals surface area contributed by atoms with Gasteiger partial charge in [0.25, 0.3) is 0 Å². The van der Waals surface area contributed by atoms with Crippen molar-refractivity contribution >= 4 is 41.3 Å². The van der Waals surface area contributed by atoms with E-state index >= 15 is 0 Å². The lowest BCUT2D eigenvalue weighted by Crippen LogP contribution is -2.50. The van der Waals surface area contributed by atoms with Crippen LogP contribution in [-0.2, 0) is 15.1 Å². The Morgan fingerprint density at radius 3 is 2.95 bits per heavy atom. The highest BCUT2D eigenvalue weighted by Gasteiger charge is 2.46. The van der Waals surface area contributed by atoms with Gasteiger partial charge in [-0.2, -0.15) is 0 Å². The molecule has 0 aliphatic carbocycles. The van der Waals surface area contributed by atoms with Gasteiger partial charge in [0.15, 0.2) is 0 Å². The van der Waals surface area contributed by atoms with Crippen molar-refractivity contribution in [2.45, 2.75) is 44.4 Å². The zero-order valence-electron chi connectivity index (χ0n) is 13.0. The van der Waals surface area contributed by atoms with Gasteiger partial charge in [-0.1, -0.05) is 11.6 Å². The normalized spacial score (nSPS) is 30.5. The fourth-order valence-electron chi connectivity index (χ4n) is 3.44. The molecule has 1 aromatic rings. The molecule has 2 aliphatic rings. The van der Waals surface area contributed by atoms with Crippen molar-refractivity contribution in [1.29, 1.82) is 0 Å². The van der Waals surface area contributed by atoms with Gasteiger partial charge in [0.05, 0.1) is 17.0 Å². The first kappa shape index (κ1) is 18.0. The van der Waals surface area contributed by atoms with Gasteiger partial charge in [0.1, 0.15) is 5.60 Å². The van der Waals surface area contributed by atoms with Crippen molar-refractivity contribution in [3.63, 3.8) is 0 Å². The standard InChI is InChI=1S/C15H21ClN2O2S.ClH/c1-9-7-15(4-5-17-9)14-11(6-13(16)21-14)12(8-20-15)18(3)10(2)19;/h6,9,12,17H,4-5,7-8H2,1-3H3;1H/t9-,12?,15+;/m0./s1. The van der Waals surface area contributed by atoms with Crippen LogP contribution in [0.25, 0.3) is 0 Å². The molecule has 0 radical (unpaired) electrons. The molecule has 1 spiro atoms. The Morgan fingerprint density at radius 1 is 1.59 bits per heavy atom. The lowest BCUT2D eigenvalue weighted by molar-refractivity contribution is -0.139. The number of piperidine rings is 1. The predicted octanol–water partition coefficient (Wildman–Crippen LogP) is 3.34. The molecule has 22 heavy (non-hydrogen) atoms. The SMILES string of the molecule is CC(=O)N(C)C1CO[C@@]2(CCN[C@@H](C)C2)c2sc(Cl)cc21.Cl. The summed E-state index contributed by atoms with van der Waals surface area (Å²) in [6, 6.07) is 2.41. The number of ether oxygens (including phenoxy) is 1. The molecule has 2 aliphatic heterocycles. The number of carbonyl (C=O) groups excluding carboxylic acids is 1. The molecule has 7 heteroatoms. The minimum Gasteiger partial charge on any atom is -0.367 e. The molecule has 124 valence electrons. The number of amides is 1. The molecule has 0 saturated carbocycles. The third-order valence-corrected chi connectivity index (χ3v) is 6.11. The van der Waals surface area contributed by atoms with Crippen LogP contribution >= 0.6 is 35.3 Å². The third kappa shape index (κ3) is 3.02. The lowest BCUT2D eigenvalue weighted by atomic mass is 9.82. The number of fused-ring (bicyclic) bond motifs is 2. The summed E-state index contributed by atoms with van der Waals surface area (Å²) in [6.45, 7) is 5.27. The van der Waals surface area contributed by atoms with Crippen LogP contribution < -0.4 is 5.32 Å². The number of halogens is 2. The van der Waals surface area contributed by atoms with Crippen LogP contribution in [0.2, 0.25) is 4.34 Å². The molecule has 3 rings (SSSR count). The van der Waals surface area contributed by atoms with Gasteiger partial charge in [0, 0.05) is 24.9 Å². The van der Waals surface area contributed by atoms with Crippen LogP contribution in [0.1, 0.15) is 43.2 Å². The van der Waals surface area contributed by atoms with Crippen LogP contribution in [0.3, 0.4) is 0 Å². The summed E-state index contributed by atoms with van der Waals surface area (Å²) in [5.74, 6) is 0.0477. The van der Waals surface area contributed by atoms with E-state index in [2.05, 4.69) is 12.2 Å². The number of hydrogen-bond donors (Lipinski definition) is 1. The predicted molar refractivity (Wildman–Crippen MR) is 92.1 cm³/mol. The molecule has 1 fully saturated rings. The quantitative estimate of drug-likeness (QED) is 0.830. The van der Waals surface area contributed by atoms with E-state index < -0.39 is 0 Å². The average molecular weight is 365 g/mol. The summed E-state index contributed by atoms with van der Waals surface area (Å²) in [7, 11) is 1.83. The summed E-state index contributed by atoms with van der Waals surface area (Å²) in [5, 5.41) is 3.47. The summed E-state index contributed by atoms with van der Waals surface area (Å²) >= 11 is 7.89. The number of rotatable bonds is 1. The average Bonchev–Trinajstić information content (AvgIpc) is 2.81. The summed E-state index contributed by atoms with van der Waals surface area (Å²) in [6.07, 6.45) is 1.91. The molecule has 1 N–H and O–H groups in total. The molecule has 1 aromatic heterocycles. The monoisotopic (exact) mass is 364 g/mol. The van der Waals surface area contributed by atoms with Crippen molar-refractivity contribution in [2.24, 2.45) is 0 Å². The van der Waals surface area contributed by atoms with E-state index in [1.165, 1.54) is 10.4 Å². The highest BCUT2D eigenvalue weighted by Crippen LogP contribution is 2.50. The number of nitrogens with one attached hydrogen (secondary N) is 1. The smallest absolute Gasteiger partial charge is 0.219 e. The molecular formula is C15H22Cl2N2O2S. The van der Waals surface area contributed by atoms with Crippen LogP contribution in [0, 0.1) is 0 Å². The third-order valence-electron chi connectivity index (χ3n) is 4.64. The number of thiophene rings is 1. The fraction of sp³-hybridized carbons (Fsp3) is 0.667. The molecular weight excluding hydrogens is 343 g/mol. The number of hydrogen-bond acceptors (Lipinski definition) is 4. The summed E-state index contributed by atoms with van der Waals surface area (Å²) in [5.41, 5.74) is 0.939. The van der Waals surface area contributed by atoms with Crippen molar-refractivity contribution in [2.75, 3.05) is 20.2 Å². The molecule has 3 heterocycles. The molecule has 1 amide bonds. The Hall–Kier alpha value is -0.330.